The molecule has 6 nitrogen and oxygen atoms in total. The summed E-state index contributed by atoms with van der Waals surface area (Å²) < 4.78 is 27.8. The fraction of sp³-hybridized carbons (Fsp3) is 0.769. The Bertz CT molecular complexity index is 561. The molecule has 1 atom stereocenters. The van der Waals surface area contributed by atoms with E-state index in [1.54, 1.807) is 6.92 Å². The Morgan fingerprint density at radius 3 is 2.55 bits per heavy atom. The van der Waals surface area contributed by atoms with Gasteiger partial charge in [0.05, 0.1) is 11.4 Å². The van der Waals surface area contributed by atoms with Crippen LogP contribution in [-0.4, -0.2) is 30.7 Å². The Morgan fingerprint density at radius 1 is 1.35 bits per heavy atom. The topological polar surface area (TPSA) is 86.9 Å². The lowest BCUT2D eigenvalue weighted by atomic mass is 10.2. The van der Waals surface area contributed by atoms with Crippen LogP contribution in [0.1, 0.15) is 45.0 Å². The van der Waals surface area contributed by atoms with E-state index in [0.29, 0.717) is 23.9 Å². The van der Waals surface area contributed by atoms with Crippen molar-refractivity contribution >= 4 is 10.0 Å². The highest BCUT2D eigenvalue weighted by Gasteiger charge is 2.33. The number of rotatable bonds is 7. The normalized spacial score (nSPS) is 17.6. The van der Waals surface area contributed by atoms with Gasteiger partial charge in [-0.15, -0.1) is 0 Å². The van der Waals surface area contributed by atoms with Crippen molar-refractivity contribution in [3.8, 4) is 0 Å². The number of aromatic amines is 1. The summed E-state index contributed by atoms with van der Waals surface area (Å²) in [6.45, 7) is 8.14. The number of hydrogen-bond donors (Lipinski definition) is 3. The van der Waals surface area contributed by atoms with E-state index in [0.717, 1.165) is 12.8 Å². The first kappa shape index (κ1) is 15.5. The van der Waals surface area contributed by atoms with Crippen molar-refractivity contribution < 1.29 is 8.42 Å². The second kappa shape index (κ2) is 5.83. The van der Waals surface area contributed by atoms with Crippen molar-refractivity contribution in [3.05, 3.63) is 11.4 Å². The van der Waals surface area contributed by atoms with E-state index in [1.165, 1.54) is 0 Å². The quantitative estimate of drug-likeness (QED) is 0.708. The highest BCUT2D eigenvalue weighted by atomic mass is 32.2. The number of nitrogens with one attached hydrogen (secondary N) is 3. The summed E-state index contributed by atoms with van der Waals surface area (Å²) in [6, 6.07) is 0.265. The first-order valence-electron chi connectivity index (χ1n) is 7.11. The molecule has 1 aliphatic carbocycles. The van der Waals surface area contributed by atoms with E-state index in [2.05, 4.69) is 20.2 Å². The van der Waals surface area contributed by atoms with Crippen molar-refractivity contribution in [2.45, 2.75) is 64.1 Å². The molecule has 114 valence electrons. The van der Waals surface area contributed by atoms with Crippen LogP contribution in [0.3, 0.4) is 0 Å². The number of nitrogens with zero attached hydrogens (tertiary/aromatic N) is 1. The van der Waals surface area contributed by atoms with Crippen LogP contribution in [-0.2, 0) is 16.6 Å². The zero-order chi connectivity index (χ0) is 14.9. The van der Waals surface area contributed by atoms with Gasteiger partial charge >= 0.3 is 0 Å². The number of aromatic nitrogens is 2. The summed E-state index contributed by atoms with van der Waals surface area (Å²) >= 11 is 0. The summed E-state index contributed by atoms with van der Waals surface area (Å²) in [5, 5.41) is 10.1. The highest BCUT2D eigenvalue weighted by molar-refractivity contribution is 7.89. The van der Waals surface area contributed by atoms with Crippen molar-refractivity contribution in [2.75, 3.05) is 0 Å². The minimum atomic E-state index is -3.51. The van der Waals surface area contributed by atoms with Gasteiger partial charge in [0.1, 0.15) is 4.90 Å². The molecule has 1 aromatic rings. The van der Waals surface area contributed by atoms with Crippen LogP contribution in [0.15, 0.2) is 4.90 Å². The Morgan fingerprint density at radius 2 is 2.00 bits per heavy atom. The molecular formula is C13H24N4O2S. The lowest BCUT2D eigenvalue weighted by Gasteiger charge is -2.14. The smallest absolute Gasteiger partial charge is 0.244 e. The van der Waals surface area contributed by atoms with E-state index < -0.39 is 10.0 Å². The first-order valence-corrected chi connectivity index (χ1v) is 8.59. The molecule has 1 heterocycles. The van der Waals surface area contributed by atoms with E-state index in [1.807, 2.05) is 20.8 Å². The Hall–Kier alpha value is -0.920. The highest BCUT2D eigenvalue weighted by Crippen LogP contribution is 2.33. The van der Waals surface area contributed by atoms with Crippen LogP contribution < -0.4 is 10.0 Å². The average Bonchev–Trinajstić information content (AvgIpc) is 3.10. The van der Waals surface area contributed by atoms with E-state index in [-0.39, 0.29) is 17.0 Å². The van der Waals surface area contributed by atoms with Gasteiger partial charge in [-0.1, -0.05) is 13.8 Å². The minimum Gasteiger partial charge on any atom is -0.309 e. The first-order chi connectivity index (χ1) is 9.31. The van der Waals surface area contributed by atoms with E-state index in [9.17, 15) is 8.42 Å². The van der Waals surface area contributed by atoms with Gasteiger partial charge in [-0.25, -0.2) is 13.1 Å². The zero-order valence-electron chi connectivity index (χ0n) is 12.5. The molecule has 0 saturated heterocycles. The third-order valence-corrected chi connectivity index (χ3v) is 5.34. The molecule has 1 saturated carbocycles. The maximum absolute atomic E-state index is 12.5. The van der Waals surface area contributed by atoms with Gasteiger partial charge in [0, 0.05) is 18.6 Å². The fourth-order valence-corrected chi connectivity index (χ4v) is 3.92. The molecule has 0 aromatic carbocycles. The minimum absolute atomic E-state index is 0.0137. The van der Waals surface area contributed by atoms with Crippen molar-refractivity contribution in [1.82, 2.24) is 20.2 Å². The average molecular weight is 300 g/mol. The van der Waals surface area contributed by atoms with Crippen LogP contribution in [0.4, 0.5) is 0 Å². The van der Waals surface area contributed by atoms with Gasteiger partial charge in [-0.3, -0.25) is 5.10 Å². The molecule has 0 bridgehead atoms. The molecule has 1 aromatic heterocycles. The van der Waals surface area contributed by atoms with E-state index in [4.69, 9.17) is 0 Å². The maximum atomic E-state index is 12.5. The summed E-state index contributed by atoms with van der Waals surface area (Å²) in [6.07, 6.45) is 2.21. The Balaban J connectivity index is 2.18. The Kier molecular flexibility index (Phi) is 4.51. The fourth-order valence-electron chi connectivity index (χ4n) is 2.24. The molecule has 0 aliphatic heterocycles. The van der Waals surface area contributed by atoms with Gasteiger partial charge in [-0.2, -0.15) is 5.10 Å². The SMILES string of the molecule is Cc1[nH]nc(CNC(C)C)c1S(=O)(=O)NC(C)C1CC1. The van der Waals surface area contributed by atoms with Gasteiger partial charge in [-0.05, 0) is 32.6 Å². The summed E-state index contributed by atoms with van der Waals surface area (Å²) in [5.74, 6) is 0.481. The molecule has 7 heteroatoms. The van der Waals surface area contributed by atoms with Crippen LogP contribution in [0.2, 0.25) is 0 Å². The van der Waals surface area contributed by atoms with Crippen LogP contribution in [0.5, 0.6) is 0 Å². The van der Waals surface area contributed by atoms with Crippen molar-refractivity contribution in [3.63, 3.8) is 0 Å². The molecule has 1 aliphatic rings. The predicted octanol–water partition coefficient (Wildman–Crippen LogP) is 1.29. The van der Waals surface area contributed by atoms with Gasteiger partial charge in [0.25, 0.3) is 0 Å². The number of H-pyrrole nitrogens is 1. The third-order valence-electron chi connectivity index (χ3n) is 3.58. The zero-order valence-corrected chi connectivity index (χ0v) is 13.3. The Labute approximate surface area is 120 Å². The summed E-state index contributed by atoms with van der Waals surface area (Å²) in [7, 11) is -3.51. The molecular weight excluding hydrogens is 276 g/mol. The molecule has 0 amide bonds. The predicted molar refractivity (Wildman–Crippen MR) is 77.8 cm³/mol. The number of aryl methyl sites for hydroxylation is 1. The van der Waals surface area contributed by atoms with Crippen LogP contribution in [0, 0.1) is 12.8 Å². The van der Waals surface area contributed by atoms with Crippen molar-refractivity contribution in [1.29, 1.82) is 0 Å². The number of sulfonamides is 1. The van der Waals surface area contributed by atoms with Gasteiger partial charge in [0.2, 0.25) is 10.0 Å². The lowest BCUT2D eigenvalue weighted by molar-refractivity contribution is 0.533. The molecule has 1 unspecified atom stereocenters. The molecule has 3 N–H and O–H groups in total. The second-order valence-electron chi connectivity index (χ2n) is 5.91. The van der Waals surface area contributed by atoms with Crippen LogP contribution >= 0.6 is 0 Å². The molecule has 0 radical (unpaired) electrons. The third kappa shape index (κ3) is 3.59. The molecule has 2 rings (SSSR count). The summed E-state index contributed by atoms with van der Waals surface area (Å²) in [4.78, 5) is 0.290. The molecule has 20 heavy (non-hydrogen) atoms. The van der Waals surface area contributed by atoms with Gasteiger partial charge in [0.15, 0.2) is 0 Å². The molecule has 0 spiro atoms. The van der Waals surface area contributed by atoms with Gasteiger partial charge < -0.3 is 5.32 Å². The van der Waals surface area contributed by atoms with E-state index >= 15 is 0 Å². The van der Waals surface area contributed by atoms with Crippen molar-refractivity contribution in [2.24, 2.45) is 5.92 Å². The monoisotopic (exact) mass is 300 g/mol. The standard InChI is InChI=1S/C13H24N4O2S/c1-8(2)14-7-12-13(10(4)15-16-12)20(18,19)17-9(3)11-5-6-11/h8-9,11,14,17H,5-7H2,1-4H3,(H,15,16). The second-order valence-corrected chi connectivity index (χ2v) is 7.56. The lowest BCUT2D eigenvalue weighted by Crippen LogP contribution is -2.35. The molecule has 1 fully saturated rings. The van der Waals surface area contributed by atoms with Crippen LogP contribution in [0.25, 0.3) is 0 Å². The maximum Gasteiger partial charge on any atom is 0.244 e. The summed E-state index contributed by atoms with van der Waals surface area (Å²) in [5.41, 5.74) is 1.13. The largest absolute Gasteiger partial charge is 0.309 e. The number of hydrogen-bond acceptors (Lipinski definition) is 4.